The number of methoxy groups -OCH3 is 1. The molecule has 0 aliphatic rings. The van der Waals surface area contributed by atoms with Gasteiger partial charge in [0.1, 0.15) is 0 Å². The summed E-state index contributed by atoms with van der Waals surface area (Å²) in [5.41, 5.74) is 7.21. The summed E-state index contributed by atoms with van der Waals surface area (Å²) in [6.07, 6.45) is 4.65. The van der Waals surface area contributed by atoms with E-state index in [1.807, 2.05) is 12.5 Å². The molecule has 0 radical (unpaired) electrons. The zero-order chi connectivity index (χ0) is 11.3. The topological polar surface area (TPSA) is 53.1 Å². The van der Waals surface area contributed by atoms with E-state index in [2.05, 4.69) is 23.4 Å². The summed E-state index contributed by atoms with van der Waals surface area (Å²) in [4.78, 5) is 4.13. The third kappa shape index (κ3) is 3.64. The molecule has 0 bridgehead atoms. The fraction of sp³-hybridized carbons (Fsp3) is 0.727. The predicted molar refractivity (Wildman–Crippen MR) is 60.5 cm³/mol. The molecule has 4 heteroatoms. The van der Waals surface area contributed by atoms with E-state index in [1.165, 1.54) is 0 Å². The van der Waals surface area contributed by atoms with Gasteiger partial charge in [0.25, 0.3) is 0 Å². The Morgan fingerprint density at radius 1 is 1.53 bits per heavy atom. The maximum absolute atomic E-state index is 6.11. The predicted octanol–water partition coefficient (Wildman–Crippen LogP) is 1.58. The monoisotopic (exact) mass is 211 g/mol. The highest BCUT2D eigenvalue weighted by atomic mass is 16.5. The molecule has 2 N–H and O–H groups in total. The van der Waals surface area contributed by atoms with Crippen molar-refractivity contribution in [3.63, 3.8) is 0 Å². The Labute approximate surface area is 91.4 Å². The van der Waals surface area contributed by atoms with Crippen molar-refractivity contribution < 1.29 is 4.74 Å². The quantitative estimate of drug-likeness (QED) is 0.777. The zero-order valence-electron chi connectivity index (χ0n) is 9.81. The van der Waals surface area contributed by atoms with E-state index in [9.17, 15) is 0 Å². The van der Waals surface area contributed by atoms with E-state index in [0.29, 0.717) is 12.5 Å². The molecule has 0 fully saturated rings. The summed E-state index contributed by atoms with van der Waals surface area (Å²) < 4.78 is 7.11. The van der Waals surface area contributed by atoms with Gasteiger partial charge in [0, 0.05) is 25.9 Å². The van der Waals surface area contributed by atoms with Gasteiger partial charge in [-0.05, 0) is 12.3 Å². The number of hydrogen-bond donors (Lipinski definition) is 1. The fourth-order valence-electron chi connectivity index (χ4n) is 1.64. The molecular weight excluding hydrogens is 190 g/mol. The summed E-state index contributed by atoms with van der Waals surface area (Å²) >= 11 is 0. The second-order valence-corrected chi connectivity index (χ2v) is 4.24. The lowest BCUT2D eigenvalue weighted by Crippen LogP contribution is -2.18. The summed E-state index contributed by atoms with van der Waals surface area (Å²) in [6.45, 7) is 5.86. The average Bonchev–Trinajstić information content (AvgIpc) is 2.61. The summed E-state index contributed by atoms with van der Waals surface area (Å²) in [5, 5.41) is 0. The van der Waals surface area contributed by atoms with E-state index in [0.717, 1.165) is 18.7 Å². The van der Waals surface area contributed by atoms with Gasteiger partial charge in [-0.3, -0.25) is 0 Å². The van der Waals surface area contributed by atoms with Gasteiger partial charge >= 0.3 is 0 Å². The molecule has 0 aromatic carbocycles. The Morgan fingerprint density at radius 3 is 2.87 bits per heavy atom. The van der Waals surface area contributed by atoms with Gasteiger partial charge in [-0.15, -0.1) is 0 Å². The van der Waals surface area contributed by atoms with Gasteiger partial charge in [-0.2, -0.15) is 0 Å². The van der Waals surface area contributed by atoms with Gasteiger partial charge in [-0.25, -0.2) is 4.98 Å². The number of aromatic nitrogens is 2. The minimum atomic E-state index is 0.0735. The van der Waals surface area contributed by atoms with Crippen molar-refractivity contribution in [2.45, 2.75) is 32.9 Å². The number of ether oxygens (including phenoxy) is 1. The number of imidazole rings is 1. The molecule has 4 nitrogen and oxygen atoms in total. The molecule has 1 aromatic rings. The van der Waals surface area contributed by atoms with E-state index < -0.39 is 0 Å². The number of nitrogens with zero attached hydrogens (tertiary/aromatic N) is 2. The van der Waals surface area contributed by atoms with Gasteiger partial charge in [-0.1, -0.05) is 13.8 Å². The van der Waals surface area contributed by atoms with Crippen molar-refractivity contribution in [2.24, 2.45) is 11.7 Å². The Kier molecular flexibility index (Phi) is 4.78. The highest BCUT2D eigenvalue weighted by molar-refractivity contribution is 5.04. The highest BCUT2D eigenvalue weighted by Gasteiger charge is 2.12. The van der Waals surface area contributed by atoms with Crippen molar-refractivity contribution in [3.05, 3.63) is 18.2 Å². The fourth-order valence-corrected chi connectivity index (χ4v) is 1.64. The van der Waals surface area contributed by atoms with Crippen LogP contribution >= 0.6 is 0 Å². The largest absolute Gasteiger partial charge is 0.383 e. The van der Waals surface area contributed by atoms with Crippen molar-refractivity contribution in [3.8, 4) is 0 Å². The van der Waals surface area contributed by atoms with Gasteiger partial charge in [0.15, 0.2) is 0 Å². The summed E-state index contributed by atoms with van der Waals surface area (Å²) in [6, 6.07) is 0.0735. The van der Waals surface area contributed by atoms with Crippen LogP contribution in [0.3, 0.4) is 0 Å². The molecule has 86 valence electrons. The SMILES string of the molecule is COCCn1cncc1C(N)CC(C)C. The van der Waals surface area contributed by atoms with Crippen LogP contribution in [0.4, 0.5) is 0 Å². The van der Waals surface area contributed by atoms with Crippen LogP contribution < -0.4 is 5.73 Å². The first-order valence-electron chi connectivity index (χ1n) is 5.39. The van der Waals surface area contributed by atoms with E-state index >= 15 is 0 Å². The maximum atomic E-state index is 6.11. The molecule has 0 aliphatic carbocycles. The first-order chi connectivity index (χ1) is 7.15. The van der Waals surface area contributed by atoms with Crippen molar-refractivity contribution in [2.75, 3.05) is 13.7 Å². The van der Waals surface area contributed by atoms with Crippen LogP contribution in [0.15, 0.2) is 12.5 Å². The van der Waals surface area contributed by atoms with Gasteiger partial charge < -0.3 is 15.0 Å². The molecule has 1 heterocycles. The summed E-state index contributed by atoms with van der Waals surface area (Å²) in [7, 11) is 1.70. The van der Waals surface area contributed by atoms with Crippen LogP contribution in [0.2, 0.25) is 0 Å². The lowest BCUT2D eigenvalue weighted by atomic mass is 10.0. The number of rotatable bonds is 6. The molecule has 0 saturated carbocycles. The number of nitrogens with two attached hydrogens (primary N) is 1. The van der Waals surface area contributed by atoms with Crippen LogP contribution in [-0.2, 0) is 11.3 Å². The Balaban J connectivity index is 2.62. The third-order valence-corrected chi connectivity index (χ3v) is 2.39. The molecule has 1 unspecified atom stereocenters. The molecule has 1 aromatic heterocycles. The van der Waals surface area contributed by atoms with Crippen molar-refractivity contribution in [1.82, 2.24) is 9.55 Å². The molecule has 1 rings (SSSR count). The second-order valence-electron chi connectivity index (χ2n) is 4.24. The standard InChI is InChI=1S/C11H21N3O/c1-9(2)6-10(12)11-7-13-8-14(11)4-5-15-3/h7-10H,4-6,12H2,1-3H3. The van der Waals surface area contributed by atoms with Crippen LogP contribution in [0, 0.1) is 5.92 Å². The van der Waals surface area contributed by atoms with E-state index in [-0.39, 0.29) is 6.04 Å². The van der Waals surface area contributed by atoms with Crippen LogP contribution in [-0.4, -0.2) is 23.3 Å². The Bertz CT molecular complexity index is 283. The first kappa shape index (κ1) is 12.2. The van der Waals surface area contributed by atoms with Crippen molar-refractivity contribution in [1.29, 1.82) is 0 Å². The molecule has 1 atom stereocenters. The highest BCUT2D eigenvalue weighted by Crippen LogP contribution is 2.18. The minimum Gasteiger partial charge on any atom is -0.383 e. The van der Waals surface area contributed by atoms with Gasteiger partial charge in [0.2, 0.25) is 0 Å². The molecule has 15 heavy (non-hydrogen) atoms. The molecule has 0 aliphatic heterocycles. The molecule has 0 spiro atoms. The Hall–Kier alpha value is -0.870. The lowest BCUT2D eigenvalue weighted by molar-refractivity contribution is 0.186. The normalized spacial score (nSPS) is 13.4. The minimum absolute atomic E-state index is 0.0735. The second kappa shape index (κ2) is 5.88. The number of hydrogen-bond acceptors (Lipinski definition) is 3. The van der Waals surface area contributed by atoms with E-state index in [4.69, 9.17) is 10.5 Å². The maximum Gasteiger partial charge on any atom is 0.0949 e. The van der Waals surface area contributed by atoms with Crippen molar-refractivity contribution >= 4 is 0 Å². The molecule has 0 amide bonds. The average molecular weight is 211 g/mol. The molecular formula is C11H21N3O. The molecule has 0 saturated heterocycles. The van der Waals surface area contributed by atoms with E-state index in [1.54, 1.807) is 7.11 Å². The van der Waals surface area contributed by atoms with Gasteiger partial charge in [0.05, 0.1) is 18.6 Å². The summed E-state index contributed by atoms with van der Waals surface area (Å²) in [5.74, 6) is 0.603. The van der Waals surface area contributed by atoms with Crippen LogP contribution in [0.1, 0.15) is 32.0 Å². The Morgan fingerprint density at radius 2 is 2.27 bits per heavy atom. The third-order valence-electron chi connectivity index (χ3n) is 2.39. The van der Waals surface area contributed by atoms with Crippen LogP contribution in [0.5, 0.6) is 0 Å². The van der Waals surface area contributed by atoms with Crippen LogP contribution in [0.25, 0.3) is 0 Å². The zero-order valence-corrected chi connectivity index (χ0v) is 9.81. The smallest absolute Gasteiger partial charge is 0.0949 e. The lowest BCUT2D eigenvalue weighted by Gasteiger charge is -2.16. The first-order valence-corrected chi connectivity index (χ1v) is 5.39.